The topological polar surface area (TPSA) is 70.1 Å². The van der Waals surface area contributed by atoms with Gasteiger partial charge in [-0.3, -0.25) is 14.3 Å². The fourth-order valence-electron chi connectivity index (χ4n) is 3.10. The molecule has 5 nitrogen and oxygen atoms in total. The molecule has 0 spiro atoms. The molecule has 140 valence electrons. The predicted octanol–water partition coefficient (Wildman–Crippen LogP) is 3.47. The van der Waals surface area contributed by atoms with Crippen molar-refractivity contribution >= 4 is 10.9 Å². The average Bonchev–Trinajstić information content (AvgIpc) is 2.73. The molecule has 0 amide bonds. The minimum atomic E-state index is -0.141. The summed E-state index contributed by atoms with van der Waals surface area (Å²) in [6.07, 6.45) is 2.49. The van der Waals surface area contributed by atoms with E-state index in [-0.39, 0.29) is 5.56 Å². The molecule has 2 heterocycles. The Morgan fingerprint density at radius 2 is 1.82 bits per heavy atom. The predicted molar refractivity (Wildman–Crippen MR) is 111 cm³/mol. The number of hydrogen-bond acceptors (Lipinski definition) is 4. The summed E-state index contributed by atoms with van der Waals surface area (Å²) in [5.74, 6) is 0.555. The average molecular weight is 371 g/mol. The van der Waals surface area contributed by atoms with E-state index >= 15 is 0 Å². The Balaban J connectivity index is 1.57. The maximum atomic E-state index is 12.6. The zero-order valence-corrected chi connectivity index (χ0v) is 15.4. The molecule has 0 aliphatic heterocycles. The summed E-state index contributed by atoms with van der Waals surface area (Å²) in [7, 11) is 0. The van der Waals surface area contributed by atoms with Gasteiger partial charge in [0.25, 0.3) is 5.56 Å². The van der Waals surface area contributed by atoms with Gasteiger partial charge in [0, 0.05) is 35.5 Å². The third-order valence-electron chi connectivity index (χ3n) is 4.55. The van der Waals surface area contributed by atoms with Gasteiger partial charge in [0.05, 0.1) is 5.52 Å². The van der Waals surface area contributed by atoms with Gasteiger partial charge in [-0.1, -0.05) is 36.4 Å². The highest BCUT2D eigenvalue weighted by atomic mass is 16.5. The monoisotopic (exact) mass is 371 g/mol. The SMILES string of the molecule is NCCc1ccc2cc(-n3ccc(OCc4ccccc4)cc3=O)ccc2n1. The first-order chi connectivity index (χ1) is 13.7. The highest BCUT2D eigenvalue weighted by Crippen LogP contribution is 2.18. The summed E-state index contributed by atoms with van der Waals surface area (Å²) in [6.45, 7) is 1.00. The zero-order chi connectivity index (χ0) is 19.3. The van der Waals surface area contributed by atoms with E-state index in [1.807, 2.05) is 60.7 Å². The Kier molecular flexibility index (Phi) is 5.17. The molecule has 0 unspecified atom stereocenters. The molecule has 4 rings (SSSR count). The first kappa shape index (κ1) is 17.9. The third kappa shape index (κ3) is 3.94. The molecule has 2 aromatic heterocycles. The summed E-state index contributed by atoms with van der Waals surface area (Å²) < 4.78 is 7.34. The number of nitrogens with two attached hydrogens (primary N) is 1. The molecule has 0 radical (unpaired) electrons. The lowest BCUT2D eigenvalue weighted by Crippen LogP contribution is -2.16. The van der Waals surface area contributed by atoms with Crippen LogP contribution in [-0.4, -0.2) is 16.1 Å². The van der Waals surface area contributed by atoms with Gasteiger partial charge in [-0.15, -0.1) is 0 Å². The van der Waals surface area contributed by atoms with Gasteiger partial charge in [-0.05, 0) is 42.4 Å². The summed E-state index contributed by atoms with van der Waals surface area (Å²) in [4.78, 5) is 17.2. The number of hydrogen-bond donors (Lipinski definition) is 1. The second kappa shape index (κ2) is 8.06. The van der Waals surface area contributed by atoms with Crippen molar-refractivity contribution in [3.8, 4) is 11.4 Å². The molecule has 0 saturated heterocycles. The molecule has 2 N–H and O–H groups in total. The fourth-order valence-corrected chi connectivity index (χ4v) is 3.10. The molecule has 0 atom stereocenters. The quantitative estimate of drug-likeness (QED) is 0.563. The Hall–Kier alpha value is -3.44. The summed E-state index contributed by atoms with van der Waals surface area (Å²) in [5.41, 5.74) is 9.17. The summed E-state index contributed by atoms with van der Waals surface area (Å²) >= 11 is 0. The van der Waals surface area contributed by atoms with Gasteiger partial charge in [0.1, 0.15) is 12.4 Å². The van der Waals surface area contributed by atoms with Crippen molar-refractivity contribution in [3.05, 3.63) is 101 Å². The number of pyridine rings is 2. The van der Waals surface area contributed by atoms with Gasteiger partial charge in [0.15, 0.2) is 0 Å². The highest BCUT2D eigenvalue weighted by Gasteiger charge is 2.05. The van der Waals surface area contributed by atoms with Gasteiger partial charge in [0.2, 0.25) is 0 Å². The van der Waals surface area contributed by atoms with E-state index in [9.17, 15) is 4.79 Å². The molecular weight excluding hydrogens is 350 g/mol. The molecular formula is C23H21N3O2. The van der Waals surface area contributed by atoms with E-state index in [0.29, 0.717) is 18.9 Å². The standard InChI is InChI=1S/C23H21N3O2/c24-12-10-19-7-6-18-14-20(8-9-22(18)25-19)26-13-11-21(15-23(26)27)28-16-17-4-2-1-3-5-17/h1-9,11,13-15H,10,12,16,24H2. The molecule has 0 saturated carbocycles. The van der Waals surface area contributed by atoms with Crippen molar-refractivity contribution in [1.29, 1.82) is 0 Å². The van der Waals surface area contributed by atoms with Crippen molar-refractivity contribution in [3.63, 3.8) is 0 Å². The van der Waals surface area contributed by atoms with Crippen LogP contribution in [0.15, 0.2) is 83.8 Å². The van der Waals surface area contributed by atoms with Crippen molar-refractivity contribution in [1.82, 2.24) is 9.55 Å². The minimum absolute atomic E-state index is 0.141. The van der Waals surface area contributed by atoms with E-state index < -0.39 is 0 Å². The second-order valence-corrected chi connectivity index (χ2v) is 6.56. The second-order valence-electron chi connectivity index (χ2n) is 6.56. The minimum Gasteiger partial charge on any atom is -0.489 e. The molecule has 28 heavy (non-hydrogen) atoms. The van der Waals surface area contributed by atoms with E-state index in [0.717, 1.165) is 34.3 Å². The zero-order valence-electron chi connectivity index (χ0n) is 15.4. The summed E-state index contributed by atoms with van der Waals surface area (Å²) in [6, 6.07) is 22.9. The highest BCUT2D eigenvalue weighted by molar-refractivity contribution is 5.81. The maximum absolute atomic E-state index is 12.6. The van der Waals surface area contributed by atoms with Crippen LogP contribution in [0.4, 0.5) is 0 Å². The number of benzene rings is 2. The van der Waals surface area contributed by atoms with Gasteiger partial charge >= 0.3 is 0 Å². The van der Waals surface area contributed by atoms with Crippen LogP contribution < -0.4 is 16.0 Å². The Morgan fingerprint density at radius 3 is 2.61 bits per heavy atom. The lowest BCUT2D eigenvalue weighted by Gasteiger charge is -2.10. The molecule has 0 fully saturated rings. The molecule has 0 bridgehead atoms. The first-order valence-corrected chi connectivity index (χ1v) is 9.22. The maximum Gasteiger partial charge on any atom is 0.258 e. The van der Waals surface area contributed by atoms with Crippen LogP contribution in [0.5, 0.6) is 5.75 Å². The van der Waals surface area contributed by atoms with Crippen molar-refractivity contribution in [2.75, 3.05) is 6.54 Å². The lowest BCUT2D eigenvalue weighted by molar-refractivity contribution is 0.305. The number of rotatable bonds is 6. The van der Waals surface area contributed by atoms with Crippen LogP contribution in [0.3, 0.4) is 0 Å². The van der Waals surface area contributed by atoms with Crippen molar-refractivity contribution < 1.29 is 4.74 Å². The van der Waals surface area contributed by atoms with Crippen molar-refractivity contribution in [2.45, 2.75) is 13.0 Å². The Morgan fingerprint density at radius 1 is 0.964 bits per heavy atom. The van der Waals surface area contributed by atoms with Gasteiger partial charge in [-0.25, -0.2) is 0 Å². The van der Waals surface area contributed by atoms with Crippen LogP contribution >= 0.6 is 0 Å². The fraction of sp³-hybridized carbons (Fsp3) is 0.130. The van der Waals surface area contributed by atoms with E-state index in [4.69, 9.17) is 10.5 Å². The number of aromatic nitrogens is 2. The molecule has 0 aliphatic rings. The summed E-state index contributed by atoms with van der Waals surface area (Å²) in [5, 5.41) is 0.981. The van der Waals surface area contributed by atoms with Crippen LogP contribution in [0.2, 0.25) is 0 Å². The number of ether oxygens (including phenoxy) is 1. The van der Waals surface area contributed by atoms with Crippen molar-refractivity contribution in [2.24, 2.45) is 5.73 Å². The lowest BCUT2D eigenvalue weighted by atomic mass is 10.1. The molecule has 2 aromatic carbocycles. The smallest absolute Gasteiger partial charge is 0.258 e. The largest absolute Gasteiger partial charge is 0.489 e. The Bertz CT molecular complexity index is 1150. The molecule has 5 heteroatoms. The normalized spacial score (nSPS) is 10.9. The van der Waals surface area contributed by atoms with E-state index in [1.54, 1.807) is 16.8 Å². The van der Waals surface area contributed by atoms with Crippen LogP contribution in [0, 0.1) is 0 Å². The van der Waals surface area contributed by atoms with Crippen LogP contribution in [0.1, 0.15) is 11.3 Å². The van der Waals surface area contributed by atoms with Gasteiger partial charge in [-0.2, -0.15) is 0 Å². The van der Waals surface area contributed by atoms with E-state index in [2.05, 4.69) is 4.98 Å². The molecule has 0 aliphatic carbocycles. The number of fused-ring (bicyclic) bond motifs is 1. The van der Waals surface area contributed by atoms with Gasteiger partial charge < -0.3 is 10.5 Å². The third-order valence-corrected chi connectivity index (χ3v) is 4.55. The van der Waals surface area contributed by atoms with E-state index in [1.165, 1.54) is 6.07 Å². The first-order valence-electron chi connectivity index (χ1n) is 9.22. The van der Waals surface area contributed by atoms with Crippen LogP contribution in [0.25, 0.3) is 16.6 Å². The Labute approximate surface area is 163 Å². The number of nitrogens with zero attached hydrogens (tertiary/aromatic N) is 2. The van der Waals surface area contributed by atoms with Crippen LogP contribution in [-0.2, 0) is 13.0 Å². The molecule has 4 aromatic rings.